The second-order valence-electron chi connectivity index (χ2n) is 3.98. The number of para-hydroxylation sites is 1. The fraction of sp³-hybridized carbons (Fsp3) is 0.308. The molecule has 7 heteroatoms. The number of hydrogen-bond donors (Lipinski definition) is 1. The molecule has 7 nitrogen and oxygen atoms in total. The molecular formula is C13H14N2O5. The van der Waals surface area contributed by atoms with Crippen LogP contribution in [0, 0.1) is 0 Å². The predicted octanol–water partition coefficient (Wildman–Crippen LogP) is 1.27. The van der Waals surface area contributed by atoms with Crippen LogP contribution in [0.2, 0.25) is 0 Å². The van der Waals surface area contributed by atoms with Crippen LogP contribution >= 0.6 is 0 Å². The first-order valence-corrected chi connectivity index (χ1v) is 5.92. The molecular weight excluding hydrogens is 264 g/mol. The maximum atomic E-state index is 10.3. The standard InChI is InChI=1S/C13H14N2O5/c1-18-10-5-3-2-4-9(10)6-11-14-12(20-15-11)7-19-8-13(16)17/h2-5H,6-8H2,1H3,(H,16,17). The van der Waals surface area contributed by atoms with E-state index in [0.717, 1.165) is 11.3 Å². The third-order valence-electron chi connectivity index (χ3n) is 2.50. The molecule has 0 saturated carbocycles. The van der Waals surface area contributed by atoms with E-state index in [1.165, 1.54) is 0 Å². The molecule has 106 valence electrons. The molecule has 0 fully saturated rings. The second-order valence-corrected chi connectivity index (χ2v) is 3.98. The molecule has 0 atom stereocenters. The maximum absolute atomic E-state index is 10.3. The monoisotopic (exact) mass is 278 g/mol. The molecule has 0 radical (unpaired) electrons. The third kappa shape index (κ3) is 3.79. The van der Waals surface area contributed by atoms with Crippen LogP contribution in [0.4, 0.5) is 0 Å². The summed E-state index contributed by atoms with van der Waals surface area (Å²) in [5.74, 6) is 0.444. The molecule has 1 N–H and O–H groups in total. The average Bonchev–Trinajstić information content (AvgIpc) is 2.86. The molecule has 0 saturated heterocycles. The first-order chi connectivity index (χ1) is 9.69. The Morgan fingerprint density at radius 3 is 2.95 bits per heavy atom. The fourth-order valence-electron chi connectivity index (χ4n) is 1.67. The number of carbonyl (C=O) groups is 1. The van der Waals surface area contributed by atoms with Crippen LogP contribution in [0.3, 0.4) is 0 Å². The number of carboxylic acid groups (broad SMARTS) is 1. The number of methoxy groups -OCH3 is 1. The fourth-order valence-corrected chi connectivity index (χ4v) is 1.67. The minimum Gasteiger partial charge on any atom is -0.496 e. The molecule has 0 aliphatic rings. The van der Waals surface area contributed by atoms with Gasteiger partial charge in [-0.2, -0.15) is 4.98 Å². The van der Waals surface area contributed by atoms with Gasteiger partial charge < -0.3 is 19.1 Å². The summed E-state index contributed by atoms with van der Waals surface area (Å²) >= 11 is 0. The first kappa shape index (κ1) is 14.0. The Bertz CT molecular complexity index is 582. The van der Waals surface area contributed by atoms with Gasteiger partial charge in [0, 0.05) is 12.0 Å². The molecule has 0 spiro atoms. The Labute approximate surface area is 115 Å². The molecule has 0 aliphatic carbocycles. The number of carboxylic acids is 1. The molecule has 20 heavy (non-hydrogen) atoms. The summed E-state index contributed by atoms with van der Waals surface area (Å²) in [4.78, 5) is 14.4. The largest absolute Gasteiger partial charge is 0.496 e. The van der Waals surface area contributed by atoms with Crippen LogP contribution in [0.1, 0.15) is 17.3 Å². The lowest BCUT2D eigenvalue weighted by Crippen LogP contribution is -2.06. The van der Waals surface area contributed by atoms with Crippen LogP contribution in [0.25, 0.3) is 0 Å². The van der Waals surface area contributed by atoms with Crippen LogP contribution < -0.4 is 4.74 Å². The van der Waals surface area contributed by atoms with Gasteiger partial charge in [-0.3, -0.25) is 0 Å². The predicted molar refractivity (Wildman–Crippen MR) is 67.4 cm³/mol. The molecule has 0 unspecified atom stereocenters. The summed E-state index contributed by atoms with van der Waals surface area (Å²) in [7, 11) is 1.60. The van der Waals surface area contributed by atoms with Gasteiger partial charge in [0.25, 0.3) is 5.89 Å². The zero-order chi connectivity index (χ0) is 14.4. The summed E-state index contributed by atoms with van der Waals surface area (Å²) < 4.78 is 15.1. The van der Waals surface area contributed by atoms with Gasteiger partial charge in [-0.1, -0.05) is 23.4 Å². The van der Waals surface area contributed by atoms with E-state index in [2.05, 4.69) is 10.1 Å². The average molecular weight is 278 g/mol. The number of ether oxygens (including phenoxy) is 2. The number of nitrogens with zero attached hydrogens (tertiary/aromatic N) is 2. The third-order valence-corrected chi connectivity index (χ3v) is 2.50. The van der Waals surface area contributed by atoms with Crippen molar-refractivity contribution >= 4 is 5.97 Å². The minimum atomic E-state index is -1.04. The number of hydrogen-bond acceptors (Lipinski definition) is 6. The van der Waals surface area contributed by atoms with Crippen LogP contribution in [0.5, 0.6) is 5.75 Å². The Morgan fingerprint density at radius 2 is 2.20 bits per heavy atom. The van der Waals surface area contributed by atoms with Crippen molar-refractivity contribution in [1.82, 2.24) is 10.1 Å². The highest BCUT2D eigenvalue weighted by molar-refractivity contribution is 5.67. The normalized spacial score (nSPS) is 10.4. The van der Waals surface area contributed by atoms with E-state index in [4.69, 9.17) is 19.1 Å². The van der Waals surface area contributed by atoms with Crippen molar-refractivity contribution in [2.45, 2.75) is 13.0 Å². The van der Waals surface area contributed by atoms with E-state index in [1.807, 2.05) is 24.3 Å². The highest BCUT2D eigenvalue weighted by atomic mass is 16.5. The lowest BCUT2D eigenvalue weighted by Gasteiger charge is -2.05. The molecule has 1 aromatic heterocycles. The van der Waals surface area contributed by atoms with Gasteiger partial charge in [-0.05, 0) is 6.07 Å². The molecule has 2 aromatic rings. The zero-order valence-corrected chi connectivity index (χ0v) is 10.9. The van der Waals surface area contributed by atoms with Gasteiger partial charge in [0.05, 0.1) is 7.11 Å². The van der Waals surface area contributed by atoms with Crippen molar-refractivity contribution in [2.24, 2.45) is 0 Å². The molecule has 0 aliphatic heterocycles. The molecule has 2 rings (SSSR count). The lowest BCUT2D eigenvalue weighted by molar-refractivity contribution is -0.142. The van der Waals surface area contributed by atoms with Crippen molar-refractivity contribution in [2.75, 3.05) is 13.7 Å². The molecule has 1 heterocycles. The number of rotatable bonds is 7. The van der Waals surface area contributed by atoms with Crippen molar-refractivity contribution in [1.29, 1.82) is 0 Å². The van der Waals surface area contributed by atoms with Crippen molar-refractivity contribution in [3.05, 3.63) is 41.5 Å². The molecule has 1 aromatic carbocycles. The van der Waals surface area contributed by atoms with Gasteiger partial charge in [-0.15, -0.1) is 0 Å². The topological polar surface area (TPSA) is 94.7 Å². The van der Waals surface area contributed by atoms with Crippen LogP contribution in [0.15, 0.2) is 28.8 Å². The zero-order valence-electron chi connectivity index (χ0n) is 10.9. The van der Waals surface area contributed by atoms with E-state index in [9.17, 15) is 4.79 Å². The van der Waals surface area contributed by atoms with Gasteiger partial charge in [0.2, 0.25) is 0 Å². The SMILES string of the molecule is COc1ccccc1Cc1noc(COCC(=O)O)n1. The summed E-state index contributed by atoms with van der Waals surface area (Å²) in [5, 5.41) is 12.3. The first-order valence-electron chi connectivity index (χ1n) is 5.92. The van der Waals surface area contributed by atoms with Crippen molar-refractivity contribution in [3.63, 3.8) is 0 Å². The summed E-state index contributed by atoms with van der Waals surface area (Å²) in [6.45, 7) is -0.421. The summed E-state index contributed by atoms with van der Waals surface area (Å²) in [6.07, 6.45) is 0.465. The smallest absolute Gasteiger partial charge is 0.329 e. The van der Waals surface area contributed by atoms with E-state index in [-0.39, 0.29) is 12.5 Å². The van der Waals surface area contributed by atoms with Gasteiger partial charge in [-0.25, -0.2) is 4.79 Å². The van der Waals surface area contributed by atoms with Gasteiger partial charge in [0.1, 0.15) is 19.0 Å². The molecule has 0 amide bonds. The minimum absolute atomic E-state index is 0.0226. The van der Waals surface area contributed by atoms with E-state index in [0.29, 0.717) is 12.2 Å². The Kier molecular flexibility index (Phi) is 4.67. The molecule has 0 bridgehead atoms. The lowest BCUT2D eigenvalue weighted by atomic mass is 10.1. The highest BCUT2D eigenvalue weighted by Gasteiger charge is 2.10. The van der Waals surface area contributed by atoms with Gasteiger partial charge >= 0.3 is 5.97 Å². The summed E-state index contributed by atoms with van der Waals surface area (Å²) in [6, 6.07) is 7.54. The Hall–Kier alpha value is -2.41. The van der Waals surface area contributed by atoms with E-state index in [1.54, 1.807) is 7.11 Å². The van der Waals surface area contributed by atoms with Gasteiger partial charge in [0.15, 0.2) is 5.82 Å². The highest BCUT2D eigenvalue weighted by Crippen LogP contribution is 2.19. The van der Waals surface area contributed by atoms with E-state index < -0.39 is 12.6 Å². The van der Waals surface area contributed by atoms with Crippen LogP contribution in [-0.2, 0) is 22.6 Å². The quantitative estimate of drug-likeness (QED) is 0.814. The number of aliphatic carboxylic acids is 1. The van der Waals surface area contributed by atoms with Crippen molar-refractivity contribution in [3.8, 4) is 5.75 Å². The summed E-state index contributed by atoms with van der Waals surface area (Å²) in [5.41, 5.74) is 0.939. The second kappa shape index (κ2) is 6.67. The van der Waals surface area contributed by atoms with E-state index >= 15 is 0 Å². The van der Waals surface area contributed by atoms with Crippen LogP contribution in [-0.4, -0.2) is 34.9 Å². The number of aromatic nitrogens is 2. The number of benzene rings is 1. The van der Waals surface area contributed by atoms with Crippen molar-refractivity contribution < 1.29 is 23.9 Å². The Morgan fingerprint density at radius 1 is 1.40 bits per heavy atom. The maximum Gasteiger partial charge on any atom is 0.329 e. The Balaban J connectivity index is 1.97.